The van der Waals surface area contributed by atoms with Crippen molar-refractivity contribution >= 4 is 38.3 Å². The summed E-state index contributed by atoms with van der Waals surface area (Å²) in [4.78, 5) is 28.2. The molecule has 1 atom stereocenters. The van der Waals surface area contributed by atoms with Gasteiger partial charge in [0.25, 0.3) is 0 Å². The minimum Gasteiger partial charge on any atom is -0.493 e. The van der Waals surface area contributed by atoms with Gasteiger partial charge in [0, 0.05) is 20.0 Å². The van der Waals surface area contributed by atoms with Gasteiger partial charge in [0.15, 0.2) is 6.23 Å². The molecule has 1 aromatic carbocycles. The molecular formula is C18H22N4O6S2. The zero-order valence-electron chi connectivity index (χ0n) is 16.8. The molecule has 0 radical (unpaired) electrons. The van der Waals surface area contributed by atoms with Crippen molar-refractivity contribution < 1.29 is 27.5 Å². The maximum absolute atomic E-state index is 12.8. The largest absolute Gasteiger partial charge is 0.493 e. The van der Waals surface area contributed by atoms with Crippen LogP contribution in [-0.2, 0) is 14.6 Å². The fourth-order valence-corrected chi connectivity index (χ4v) is 4.92. The van der Waals surface area contributed by atoms with Gasteiger partial charge in [-0.3, -0.25) is 0 Å². The molecule has 3 rings (SSSR count). The molecule has 2 amide bonds. The number of anilines is 1. The number of hydrogen-bond acceptors (Lipinski definition) is 9. The normalized spacial score (nSPS) is 17.2. The summed E-state index contributed by atoms with van der Waals surface area (Å²) in [5.41, 5.74) is 0.234. The highest BCUT2D eigenvalue weighted by atomic mass is 32.2. The average Bonchev–Trinajstić information content (AvgIpc) is 3.22. The molecule has 2 aromatic rings. The molecule has 1 aliphatic rings. The molecule has 1 aliphatic heterocycles. The SMILES string of the molecule is CCOc1ccccc1C(=O)OC1CCN(C)C(=O)N1c1nnc(S(=O)(=O)CC)s1. The van der Waals surface area contributed by atoms with Crippen LogP contribution >= 0.6 is 11.3 Å². The minimum absolute atomic E-state index is 0.0504. The van der Waals surface area contributed by atoms with E-state index in [4.69, 9.17) is 9.47 Å². The summed E-state index contributed by atoms with van der Waals surface area (Å²) in [6.45, 7) is 4.04. The molecule has 30 heavy (non-hydrogen) atoms. The number of nitrogens with zero attached hydrogens (tertiary/aromatic N) is 4. The number of amides is 2. The third kappa shape index (κ3) is 4.38. The van der Waals surface area contributed by atoms with Crippen LogP contribution in [0, 0.1) is 0 Å². The van der Waals surface area contributed by atoms with E-state index in [0.29, 0.717) is 25.3 Å². The summed E-state index contributed by atoms with van der Waals surface area (Å²) in [5, 5.41) is 7.63. The van der Waals surface area contributed by atoms with Gasteiger partial charge in [-0.1, -0.05) is 30.4 Å². The standard InChI is InChI=1S/C18H22N4O6S2/c1-4-27-13-9-7-6-8-12(13)15(23)28-14-10-11-21(3)18(24)22(14)16-19-20-17(29-16)30(25,26)5-2/h6-9,14H,4-5,10-11H2,1-3H3. The van der Waals surface area contributed by atoms with Crippen LogP contribution in [0.25, 0.3) is 0 Å². The zero-order valence-corrected chi connectivity index (χ0v) is 18.4. The van der Waals surface area contributed by atoms with Gasteiger partial charge in [-0.25, -0.2) is 22.9 Å². The van der Waals surface area contributed by atoms with Gasteiger partial charge < -0.3 is 14.4 Å². The Balaban J connectivity index is 1.90. The second-order valence-electron chi connectivity index (χ2n) is 6.41. The second kappa shape index (κ2) is 8.96. The number of para-hydroxylation sites is 1. The number of hydrogen-bond donors (Lipinski definition) is 0. The van der Waals surface area contributed by atoms with E-state index < -0.39 is 28.1 Å². The molecule has 0 saturated carbocycles. The van der Waals surface area contributed by atoms with E-state index in [1.54, 1.807) is 38.2 Å². The van der Waals surface area contributed by atoms with Crippen molar-refractivity contribution in [3.8, 4) is 5.75 Å². The summed E-state index contributed by atoms with van der Waals surface area (Å²) in [6.07, 6.45) is -0.638. The number of carbonyl (C=O) groups is 2. The van der Waals surface area contributed by atoms with Crippen molar-refractivity contribution in [3.05, 3.63) is 29.8 Å². The van der Waals surface area contributed by atoms with Crippen molar-refractivity contribution in [2.75, 3.05) is 30.9 Å². The van der Waals surface area contributed by atoms with Crippen LogP contribution in [0.2, 0.25) is 0 Å². The molecule has 0 aliphatic carbocycles. The van der Waals surface area contributed by atoms with Crippen molar-refractivity contribution in [1.29, 1.82) is 0 Å². The number of carbonyl (C=O) groups excluding carboxylic acids is 2. The Bertz CT molecular complexity index is 1040. The smallest absolute Gasteiger partial charge is 0.343 e. The fraction of sp³-hybridized carbons (Fsp3) is 0.444. The Morgan fingerprint density at radius 3 is 2.70 bits per heavy atom. The van der Waals surface area contributed by atoms with Crippen molar-refractivity contribution in [2.24, 2.45) is 0 Å². The van der Waals surface area contributed by atoms with Crippen molar-refractivity contribution in [3.63, 3.8) is 0 Å². The molecule has 1 unspecified atom stereocenters. The lowest BCUT2D eigenvalue weighted by molar-refractivity contribution is 0.0225. The van der Waals surface area contributed by atoms with Crippen molar-refractivity contribution in [1.82, 2.24) is 15.1 Å². The number of urea groups is 1. The lowest BCUT2D eigenvalue weighted by atomic mass is 10.2. The van der Waals surface area contributed by atoms with Crippen LogP contribution in [0.4, 0.5) is 9.93 Å². The van der Waals surface area contributed by atoms with Gasteiger partial charge in [-0.05, 0) is 19.1 Å². The molecule has 1 aromatic heterocycles. The molecule has 2 heterocycles. The van der Waals surface area contributed by atoms with Crippen LogP contribution < -0.4 is 9.64 Å². The van der Waals surface area contributed by atoms with Gasteiger partial charge in [-0.2, -0.15) is 0 Å². The van der Waals surface area contributed by atoms with Gasteiger partial charge in [0.2, 0.25) is 19.3 Å². The first kappa shape index (κ1) is 22.0. The van der Waals surface area contributed by atoms with Crippen LogP contribution in [0.1, 0.15) is 30.6 Å². The summed E-state index contributed by atoms with van der Waals surface area (Å²) in [6, 6.07) is 6.19. The first-order valence-electron chi connectivity index (χ1n) is 9.31. The number of esters is 1. The molecule has 10 nitrogen and oxygen atoms in total. The molecule has 12 heteroatoms. The molecule has 1 fully saturated rings. The van der Waals surface area contributed by atoms with Gasteiger partial charge >= 0.3 is 12.0 Å². The van der Waals surface area contributed by atoms with E-state index in [-0.39, 0.29) is 20.8 Å². The fourth-order valence-electron chi connectivity index (χ4n) is 2.81. The summed E-state index contributed by atoms with van der Waals surface area (Å²) < 4.78 is 35.1. The van der Waals surface area contributed by atoms with Crippen LogP contribution in [-0.4, -0.2) is 67.7 Å². The van der Waals surface area contributed by atoms with E-state index in [1.807, 2.05) is 0 Å². The Morgan fingerprint density at radius 1 is 1.27 bits per heavy atom. The van der Waals surface area contributed by atoms with E-state index in [9.17, 15) is 18.0 Å². The van der Waals surface area contributed by atoms with Crippen molar-refractivity contribution in [2.45, 2.75) is 30.8 Å². The average molecular weight is 455 g/mol. The molecule has 0 bridgehead atoms. The summed E-state index contributed by atoms with van der Waals surface area (Å²) >= 11 is 0.767. The summed E-state index contributed by atoms with van der Waals surface area (Å²) in [7, 11) is -1.97. The van der Waals surface area contributed by atoms with Gasteiger partial charge in [0.1, 0.15) is 11.3 Å². The third-order valence-electron chi connectivity index (χ3n) is 4.43. The number of aromatic nitrogens is 2. The zero-order chi connectivity index (χ0) is 21.9. The quantitative estimate of drug-likeness (QED) is 0.461. The second-order valence-corrected chi connectivity index (χ2v) is 9.81. The van der Waals surface area contributed by atoms with E-state index >= 15 is 0 Å². The monoisotopic (exact) mass is 454 g/mol. The highest BCUT2D eigenvalue weighted by Crippen LogP contribution is 2.31. The molecule has 0 spiro atoms. The third-order valence-corrected chi connectivity index (χ3v) is 7.53. The van der Waals surface area contributed by atoms with E-state index in [2.05, 4.69) is 10.2 Å². The Kier molecular flexibility index (Phi) is 6.56. The number of ether oxygens (including phenoxy) is 2. The number of benzene rings is 1. The number of sulfone groups is 1. The van der Waals surface area contributed by atoms with E-state index in [0.717, 1.165) is 16.2 Å². The highest BCUT2D eigenvalue weighted by Gasteiger charge is 2.38. The van der Waals surface area contributed by atoms with E-state index in [1.165, 1.54) is 11.8 Å². The van der Waals surface area contributed by atoms with Gasteiger partial charge in [-0.15, -0.1) is 10.2 Å². The Hall–Kier alpha value is -2.73. The Labute approximate surface area is 178 Å². The lowest BCUT2D eigenvalue weighted by Gasteiger charge is -2.37. The lowest BCUT2D eigenvalue weighted by Crippen LogP contribution is -2.54. The first-order chi connectivity index (χ1) is 14.3. The maximum atomic E-state index is 12.8. The first-order valence-corrected chi connectivity index (χ1v) is 11.8. The summed E-state index contributed by atoms with van der Waals surface area (Å²) in [5.74, 6) is -0.414. The molecular weight excluding hydrogens is 432 g/mol. The Morgan fingerprint density at radius 2 is 2.00 bits per heavy atom. The van der Waals surface area contributed by atoms with Crippen LogP contribution in [0.3, 0.4) is 0 Å². The minimum atomic E-state index is -3.57. The van der Waals surface area contributed by atoms with Gasteiger partial charge in [0.05, 0.1) is 12.4 Å². The predicted molar refractivity (Wildman–Crippen MR) is 110 cm³/mol. The van der Waals surface area contributed by atoms with Crippen LogP contribution in [0.5, 0.6) is 5.75 Å². The molecule has 162 valence electrons. The predicted octanol–water partition coefficient (Wildman–Crippen LogP) is 2.18. The number of rotatable bonds is 7. The molecule has 1 saturated heterocycles. The molecule has 0 N–H and O–H groups in total. The topological polar surface area (TPSA) is 119 Å². The maximum Gasteiger partial charge on any atom is 0.343 e. The highest BCUT2D eigenvalue weighted by molar-refractivity contribution is 7.93. The van der Waals surface area contributed by atoms with Crippen LogP contribution in [0.15, 0.2) is 28.6 Å².